The van der Waals surface area contributed by atoms with Crippen LogP contribution < -0.4 is 4.74 Å². The van der Waals surface area contributed by atoms with Crippen molar-refractivity contribution in [2.24, 2.45) is 0 Å². The number of aliphatic hydroxyl groups excluding tert-OH is 1. The predicted octanol–water partition coefficient (Wildman–Crippen LogP) is 2.08. The van der Waals surface area contributed by atoms with E-state index in [1.807, 2.05) is 18.2 Å². The lowest BCUT2D eigenvalue weighted by Crippen LogP contribution is -2.03. The lowest BCUT2D eigenvalue weighted by atomic mass is 9.99. The van der Waals surface area contributed by atoms with E-state index in [1.165, 1.54) is 0 Å². The summed E-state index contributed by atoms with van der Waals surface area (Å²) in [6.45, 7) is 4.12. The van der Waals surface area contributed by atoms with Gasteiger partial charge < -0.3 is 19.3 Å². The molecule has 0 amide bonds. The zero-order valence-electron chi connectivity index (χ0n) is 11.9. The molecule has 0 radical (unpaired) electrons. The summed E-state index contributed by atoms with van der Waals surface area (Å²) in [5, 5.41) is 10.2. The van der Waals surface area contributed by atoms with Crippen LogP contribution in [0.5, 0.6) is 5.75 Å². The van der Waals surface area contributed by atoms with E-state index in [0.717, 1.165) is 16.9 Å². The Labute approximate surface area is 120 Å². The fourth-order valence-corrected chi connectivity index (χ4v) is 1.78. The maximum Gasteiger partial charge on any atom is 0.147 e. The van der Waals surface area contributed by atoms with Gasteiger partial charge in [0.25, 0.3) is 0 Å². The van der Waals surface area contributed by atoms with Gasteiger partial charge in [0, 0.05) is 12.7 Å². The van der Waals surface area contributed by atoms with Crippen LogP contribution in [0.25, 0.3) is 0 Å². The van der Waals surface area contributed by atoms with Crippen LogP contribution in [0, 0.1) is 11.8 Å². The third kappa shape index (κ3) is 4.71. The number of rotatable bonds is 7. The maximum absolute atomic E-state index is 10.2. The number of hydrogen-bond donors (Lipinski definition) is 1. The SMILES string of the molecule is C=CCc1c(OC)cccc1C(O)C#CCOCOC. The quantitative estimate of drug-likeness (QED) is 0.358. The van der Waals surface area contributed by atoms with E-state index < -0.39 is 6.10 Å². The van der Waals surface area contributed by atoms with Gasteiger partial charge in [-0.05, 0) is 18.1 Å². The number of allylic oxidation sites excluding steroid dienone is 1. The topological polar surface area (TPSA) is 47.9 Å². The number of hydrogen-bond acceptors (Lipinski definition) is 4. The standard InChI is InChI=1S/C16H20O4/c1-4-7-14-13(8-5-10-16(14)19-3)15(17)9-6-11-20-12-18-2/h4-5,8,10,15,17H,1,7,11-12H2,2-3H3. The van der Waals surface area contributed by atoms with Gasteiger partial charge in [0.2, 0.25) is 0 Å². The molecule has 108 valence electrons. The largest absolute Gasteiger partial charge is 0.496 e. The van der Waals surface area contributed by atoms with Gasteiger partial charge in [-0.15, -0.1) is 6.58 Å². The molecule has 0 saturated carbocycles. The molecule has 0 fully saturated rings. The van der Waals surface area contributed by atoms with Crippen LogP contribution in [0.3, 0.4) is 0 Å². The van der Waals surface area contributed by atoms with Crippen molar-refractivity contribution in [1.29, 1.82) is 0 Å². The second-order valence-electron chi connectivity index (χ2n) is 4.00. The van der Waals surface area contributed by atoms with Crippen LogP contribution in [0.15, 0.2) is 30.9 Å². The summed E-state index contributed by atoms with van der Waals surface area (Å²) >= 11 is 0. The molecule has 0 aliphatic rings. The molecule has 0 heterocycles. The summed E-state index contributed by atoms with van der Waals surface area (Å²) in [4.78, 5) is 0. The Morgan fingerprint density at radius 2 is 2.20 bits per heavy atom. The maximum atomic E-state index is 10.2. The van der Waals surface area contributed by atoms with Gasteiger partial charge in [0.15, 0.2) is 0 Å². The van der Waals surface area contributed by atoms with Gasteiger partial charge in [0.1, 0.15) is 25.3 Å². The first-order valence-corrected chi connectivity index (χ1v) is 6.24. The van der Waals surface area contributed by atoms with Crippen LogP contribution in [0.1, 0.15) is 17.2 Å². The fourth-order valence-electron chi connectivity index (χ4n) is 1.78. The van der Waals surface area contributed by atoms with Gasteiger partial charge in [-0.2, -0.15) is 0 Å². The van der Waals surface area contributed by atoms with E-state index >= 15 is 0 Å². The molecule has 0 spiro atoms. The van der Waals surface area contributed by atoms with Gasteiger partial charge in [-0.1, -0.05) is 30.0 Å². The molecule has 4 nitrogen and oxygen atoms in total. The first-order valence-electron chi connectivity index (χ1n) is 6.24. The number of aliphatic hydroxyl groups is 1. The summed E-state index contributed by atoms with van der Waals surface area (Å²) in [6.07, 6.45) is 1.49. The van der Waals surface area contributed by atoms with E-state index in [0.29, 0.717) is 6.42 Å². The Hall–Kier alpha value is -1.80. The van der Waals surface area contributed by atoms with E-state index in [-0.39, 0.29) is 13.4 Å². The second kappa shape index (κ2) is 9.16. The minimum Gasteiger partial charge on any atom is -0.496 e. The summed E-state index contributed by atoms with van der Waals surface area (Å²) in [5.41, 5.74) is 1.62. The number of ether oxygens (including phenoxy) is 3. The van der Waals surface area contributed by atoms with Gasteiger partial charge in [0.05, 0.1) is 7.11 Å². The molecular formula is C16H20O4. The molecule has 0 aliphatic carbocycles. The third-order valence-electron chi connectivity index (χ3n) is 2.65. The minimum atomic E-state index is -0.883. The highest BCUT2D eigenvalue weighted by atomic mass is 16.7. The summed E-state index contributed by atoms with van der Waals surface area (Å²) in [5.74, 6) is 6.22. The van der Waals surface area contributed by atoms with Crippen LogP contribution in [0.4, 0.5) is 0 Å². The average Bonchev–Trinajstić information content (AvgIpc) is 2.47. The van der Waals surface area contributed by atoms with Crippen molar-refractivity contribution >= 4 is 0 Å². The smallest absolute Gasteiger partial charge is 0.147 e. The Bertz CT molecular complexity index is 485. The Morgan fingerprint density at radius 3 is 2.85 bits per heavy atom. The van der Waals surface area contributed by atoms with Crippen LogP contribution in [0.2, 0.25) is 0 Å². The highest BCUT2D eigenvalue weighted by Gasteiger charge is 2.13. The Morgan fingerprint density at radius 1 is 1.40 bits per heavy atom. The fraction of sp³-hybridized carbons (Fsp3) is 0.375. The molecule has 1 atom stereocenters. The first kappa shape index (κ1) is 16.3. The summed E-state index contributed by atoms with van der Waals surface area (Å²) in [6, 6.07) is 5.51. The molecule has 1 N–H and O–H groups in total. The molecule has 20 heavy (non-hydrogen) atoms. The lowest BCUT2D eigenvalue weighted by molar-refractivity contribution is -0.0166. The zero-order valence-corrected chi connectivity index (χ0v) is 11.9. The van der Waals surface area contributed by atoms with Crippen molar-refractivity contribution < 1.29 is 19.3 Å². The van der Waals surface area contributed by atoms with Crippen molar-refractivity contribution in [2.75, 3.05) is 27.6 Å². The van der Waals surface area contributed by atoms with E-state index in [9.17, 15) is 5.11 Å². The van der Waals surface area contributed by atoms with Gasteiger partial charge >= 0.3 is 0 Å². The number of benzene rings is 1. The molecule has 1 aromatic rings. The molecule has 0 bridgehead atoms. The Balaban J connectivity index is 2.85. The highest BCUT2D eigenvalue weighted by molar-refractivity contribution is 5.44. The van der Waals surface area contributed by atoms with Crippen LogP contribution in [-0.2, 0) is 15.9 Å². The lowest BCUT2D eigenvalue weighted by Gasteiger charge is -2.14. The first-order chi connectivity index (χ1) is 9.74. The van der Waals surface area contributed by atoms with Crippen LogP contribution in [-0.4, -0.2) is 32.7 Å². The number of methoxy groups -OCH3 is 2. The predicted molar refractivity (Wildman–Crippen MR) is 77.5 cm³/mol. The second-order valence-corrected chi connectivity index (χ2v) is 4.00. The van der Waals surface area contributed by atoms with Crippen molar-refractivity contribution in [3.63, 3.8) is 0 Å². The molecule has 4 heteroatoms. The van der Waals surface area contributed by atoms with Crippen LogP contribution >= 0.6 is 0 Å². The van der Waals surface area contributed by atoms with Crippen molar-refractivity contribution in [3.8, 4) is 17.6 Å². The monoisotopic (exact) mass is 276 g/mol. The minimum absolute atomic E-state index is 0.186. The summed E-state index contributed by atoms with van der Waals surface area (Å²) in [7, 11) is 3.14. The van der Waals surface area contributed by atoms with Gasteiger partial charge in [-0.3, -0.25) is 0 Å². The molecule has 1 aromatic carbocycles. The van der Waals surface area contributed by atoms with Crippen molar-refractivity contribution in [1.82, 2.24) is 0 Å². The normalized spacial score (nSPS) is 11.3. The summed E-state index contributed by atoms with van der Waals surface area (Å²) < 4.78 is 15.1. The Kier molecular flexibility index (Phi) is 7.44. The molecule has 0 saturated heterocycles. The zero-order chi connectivity index (χ0) is 14.8. The van der Waals surface area contributed by atoms with E-state index in [1.54, 1.807) is 20.3 Å². The van der Waals surface area contributed by atoms with Gasteiger partial charge in [-0.25, -0.2) is 0 Å². The van der Waals surface area contributed by atoms with E-state index in [4.69, 9.17) is 14.2 Å². The molecule has 0 aromatic heterocycles. The molecule has 1 rings (SSSR count). The molecule has 0 aliphatic heterocycles. The third-order valence-corrected chi connectivity index (χ3v) is 2.65. The highest BCUT2D eigenvalue weighted by Crippen LogP contribution is 2.27. The average molecular weight is 276 g/mol. The molecule has 1 unspecified atom stereocenters. The van der Waals surface area contributed by atoms with E-state index in [2.05, 4.69) is 18.4 Å². The molecular weight excluding hydrogens is 256 g/mol. The van der Waals surface area contributed by atoms with Crippen molar-refractivity contribution in [2.45, 2.75) is 12.5 Å². The van der Waals surface area contributed by atoms with Crippen molar-refractivity contribution in [3.05, 3.63) is 42.0 Å².